The summed E-state index contributed by atoms with van der Waals surface area (Å²) in [5.41, 5.74) is -0.454. The first-order valence-electron chi connectivity index (χ1n) is 5.04. The van der Waals surface area contributed by atoms with Gasteiger partial charge in [0.25, 0.3) is 6.47 Å². The molecular formula is C10H19NO5. The van der Waals surface area contributed by atoms with Gasteiger partial charge in [0, 0.05) is 13.1 Å². The van der Waals surface area contributed by atoms with E-state index in [2.05, 4.69) is 0 Å². The molecule has 1 aliphatic heterocycles. The standard InChI is InChI=1S/C9H17NO3.CH2O2/c1-9(2,3)13-8(12)10-5-4-7(11)6-10;2-1-3/h7,11H,4-6H2,1-3H3;1H,(H,2,3). The largest absolute Gasteiger partial charge is 0.483 e. The predicted octanol–water partition coefficient (Wildman–Crippen LogP) is 0.689. The molecule has 1 atom stereocenters. The van der Waals surface area contributed by atoms with Crippen molar-refractivity contribution >= 4 is 12.6 Å². The van der Waals surface area contributed by atoms with Crippen LogP contribution in [0.25, 0.3) is 0 Å². The maximum absolute atomic E-state index is 11.4. The number of carbonyl (C=O) groups excluding carboxylic acids is 1. The Morgan fingerprint density at radius 1 is 1.50 bits per heavy atom. The summed E-state index contributed by atoms with van der Waals surface area (Å²) in [7, 11) is 0. The highest BCUT2D eigenvalue weighted by molar-refractivity contribution is 5.68. The van der Waals surface area contributed by atoms with Crippen molar-refractivity contribution in [3.63, 3.8) is 0 Å². The van der Waals surface area contributed by atoms with E-state index in [4.69, 9.17) is 14.6 Å². The third-order valence-corrected chi connectivity index (χ3v) is 1.82. The Labute approximate surface area is 94.8 Å². The maximum atomic E-state index is 11.4. The highest BCUT2D eigenvalue weighted by Gasteiger charge is 2.28. The van der Waals surface area contributed by atoms with E-state index in [9.17, 15) is 9.90 Å². The fourth-order valence-electron chi connectivity index (χ4n) is 1.23. The number of likely N-dealkylation sites (tertiary alicyclic amines) is 1. The zero-order valence-electron chi connectivity index (χ0n) is 9.84. The third-order valence-electron chi connectivity index (χ3n) is 1.82. The van der Waals surface area contributed by atoms with Gasteiger partial charge in [-0.05, 0) is 27.2 Å². The first-order chi connectivity index (χ1) is 7.30. The third kappa shape index (κ3) is 6.23. The lowest BCUT2D eigenvalue weighted by Gasteiger charge is -2.24. The highest BCUT2D eigenvalue weighted by Crippen LogP contribution is 2.14. The van der Waals surface area contributed by atoms with Gasteiger partial charge in [-0.3, -0.25) is 4.79 Å². The zero-order chi connectivity index (χ0) is 12.8. The molecule has 16 heavy (non-hydrogen) atoms. The number of amides is 1. The van der Waals surface area contributed by atoms with Gasteiger partial charge in [0.2, 0.25) is 0 Å². The summed E-state index contributed by atoms with van der Waals surface area (Å²) in [5, 5.41) is 16.1. The number of hydrogen-bond acceptors (Lipinski definition) is 4. The van der Waals surface area contributed by atoms with Crippen molar-refractivity contribution in [3.05, 3.63) is 0 Å². The Bertz CT molecular complexity index is 236. The van der Waals surface area contributed by atoms with Crippen molar-refractivity contribution < 1.29 is 24.5 Å². The molecule has 1 unspecified atom stereocenters. The maximum Gasteiger partial charge on any atom is 0.410 e. The van der Waals surface area contributed by atoms with Crippen LogP contribution in [-0.4, -0.2) is 52.5 Å². The lowest BCUT2D eigenvalue weighted by molar-refractivity contribution is -0.122. The molecule has 0 aromatic rings. The average Bonchev–Trinajstić information content (AvgIpc) is 2.50. The number of aliphatic hydroxyl groups excluding tert-OH is 1. The first kappa shape index (κ1) is 14.7. The second-order valence-corrected chi connectivity index (χ2v) is 4.47. The Morgan fingerprint density at radius 3 is 2.31 bits per heavy atom. The van der Waals surface area contributed by atoms with Gasteiger partial charge in [0.05, 0.1) is 6.10 Å². The smallest absolute Gasteiger partial charge is 0.410 e. The van der Waals surface area contributed by atoms with E-state index in [0.29, 0.717) is 19.5 Å². The number of β-amino-alcohol motifs (C(OH)–C–C–N with tert-alkyl or cyclic N) is 1. The minimum absolute atomic E-state index is 0.250. The number of ether oxygens (including phenoxy) is 1. The van der Waals surface area contributed by atoms with Crippen molar-refractivity contribution in [2.45, 2.75) is 38.9 Å². The number of nitrogens with zero attached hydrogens (tertiary/aromatic N) is 1. The van der Waals surface area contributed by atoms with Gasteiger partial charge >= 0.3 is 6.09 Å². The molecule has 0 aromatic heterocycles. The van der Waals surface area contributed by atoms with Crippen LogP contribution in [0.1, 0.15) is 27.2 Å². The molecule has 1 saturated heterocycles. The summed E-state index contributed by atoms with van der Waals surface area (Å²) < 4.78 is 5.15. The molecule has 1 rings (SSSR count). The summed E-state index contributed by atoms with van der Waals surface area (Å²) in [6.45, 7) is 6.23. The van der Waals surface area contributed by atoms with Crippen LogP contribution in [0.5, 0.6) is 0 Å². The Balaban J connectivity index is 0.000000673. The van der Waals surface area contributed by atoms with E-state index >= 15 is 0 Å². The van der Waals surface area contributed by atoms with E-state index in [1.165, 1.54) is 4.90 Å². The number of carbonyl (C=O) groups is 2. The molecule has 1 heterocycles. The van der Waals surface area contributed by atoms with Gasteiger partial charge < -0.3 is 19.8 Å². The Hall–Kier alpha value is -1.30. The highest BCUT2D eigenvalue weighted by atomic mass is 16.6. The minimum Gasteiger partial charge on any atom is -0.483 e. The van der Waals surface area contributed by atoms with E-state index in [1.807, 2.05) is 20.8 Å². The van der Waals surface area contributed by atoms with Gasteiger partial charge in [-0.2, -0.15) is 0 Å². The van der Waals surface area contributed by atoms with E-state index in [-0.39, 0.29) is 18.7 Å². The SMILES string of the molecule is CC(C)(C)OC(=O)N1CCC(O)C1.O=CO. The summed E-state index contributed by atoms with van der Waals surface area (Å²) in [6, 6.07) is 0. The molecule has 6 heteroatoms. The Kier molecular flexibility index (Phi) is 5.81. The average molecular weight is 233 g/mol. The van der Waals surface area contributed by atoms with Crippen LogP contribution in [0, 0.1) is 0 Å². The summed E-state index contributed by atoms with van der Waals surface area (Å²) in [5.74, 6) is 0. The molecule has 0 aromatic carbocycles. The monoisotopic (exact) mass is 233 g/mol. The van der Waals surface area contributed by atoms with Crippen molar-refractivity contribution in [2.24, 2.45) is 0 Å². The number of carboxylic acid groups (broad SMARTS) is 1. The van der Waals surface area contributed by atoms with Gasteiger partial charge in [0.15, 0.2) is 0 Å². The second kappa shape index (κ2) is 6.32. The lowest BCUT2D eigenvalue weighted by atomic mass is 10.2. The van der Waals surface area contributed by atoms with E-state index in [0.717, 1.165) is 0 Å². The second-order valence-electron chi connectivity index (χ2n) is 4.47. The molecule has 1 fully saturated rings. The van der Waals surface area contributed by atoms with Crippen LogP contribution >= 0.6 is 0 Å². The summed E-state index contributed by atoms with van der Waals surface area (Å²) in [4.78, 5) is 21.3. The molecule has 0 saturated carbocycles. The van der Waals surface area contributed by atoms with E-state index < -0.39 is 5.60 Å². The van der Waals surface area contributed by atoms with Gasteiger partial charge in [-0.15, -0.1) is 0 Å². The molecule has 0 radical (unpaired) electrons. The van der Waals surface area contributed by atoms with Crippen LogP contribution in [-0.2, 0) is 9.53 Å². The topological polar surface area (TPSA) is 87.1 Å². The van der Waals surface area contributed by atoms with Gasteiger partial charge in [0.1, 0.15) is 5.60 Å². The van der Waals surface area contributed by atoms with Crippen LogP contribution in [0.4, 0.5) is 4.79 Å². The molecule has 94 valence electrons. The molecule has 0 spiro atoms. The number of rotatable bonds is 0. The molecule has 1 amide bonds. The van der Waals surface area contributed by atoms with E-state index in [1.54, 1.807) is 0 Å². The van der Waals surface area contributed by atoms with Gasteiger partial charge in [-0.1, -0.05) is 0 Å². The van der Waals surface area contributed by atoms with Crippen LogP contribution < -0.4 is 0 Å². The first-order valence-corrected chi connectivity index (χ1v) is 5.04. The predicted molar refractivity (Wildman–Crippen MR) is 57.1 cm³/mol. The van der Waals surface area contributed by atoms with Crippen molar-refractivity contribution in [1.29, 1.82) is 0 Å². The zero-order valence-corrected chi connectivity index (χ0v) is 9.84. The minimum atomic E-state index is -0.454. The molecule has 2 N–H and O–H groups in total. The van der Waals surface area contributed by atoms with Crippen LogP contribution in [0.3, 0.4) is 0 Å². The summed E-state index contributed by atoms with van der Waals surface area (Å²) in [6.07, 6.45) is -0.0595. The van der Waals surface area contributed by atoms with Crippen molar-refractivity contribution in [1.82, 2.24) is 4.90 Å². The quantitative estimate of drug-likeness (QED) is 0.601. The molecular weight excluding hydrogens is 214 g/mol. The Morgan fingerprint density at radius 2 is 2.00 bits per heavy atom. The van der Waals surface area contributed by atoms with Crippen molar-refractivity contribution in [3.8, 4) is 0 Å². The summed E-state index contributed by atoms with van der Waals surface area (Å²) >= 11 is 0. The van der Waals surface area contributed by atoms with Crippen molar-refractivity contribution in [2.75, 3.05) is 13.1 Å². The molecule has 0 bridgehead atoms. The van der Waals surface area contributed by atoms with Crippen LogP contribution in [0.2, 0.25) is 0 Å². The number of aliphatic hydroxyl groups is 1. The molecule has 1 aliphatic rings. The number of hydrogen-bond donors (Lipinski definition) is 2. The fraction of sp³-hybridized carbons (Fsp3) is 0.800. The molecule has 0 aliphatic carbocycles. The normalized spacial score (nSPS) is 19.8. The van der Waals surface area contributed by atoms with Gasteiger partial charge in [-0.25, -0.2) is 4.79 Å². The molecule has 6 nitrogen and oxygen atoms in total. The van der Waals surface area contributed by atoms with Crippen LogP contribution in [0.15, 0.2) is 0 Å². The fourth-order valence-corrected chi connectivity index (χ4v) is 1.23. The lowest BCUT2D eigenvalue weighted by Crippen LogP contribution is -2.35.